The van der Waals surface area contributed by atoms with Gasteiger partial charge >= 0.3 is 0 Å². The van der Waals surface area contributed by atoms with Crippen molar-refractivity contribution < 1.29 is 14.2 Å². The average molecular weight is 518 g/mol. The minimum atomic E-state index is -0.564. The van der Waals surface area contributed by atoms with Gasteiger partial charge in [0.05, 0.1) is 56.9 Å². The summed E-state index contributed by atoms with van der Waals surface area (Å²) in [5.74, 6) is 2.15. The predicted molar refractivity (Wildman–Crippen MR) is 147 cm³/mol. The first-order valence-electron chi connectivity index (χ1n) is 13.1. The standard InChI is InChI=1S/C28H35N7O3/c1-36-23-13-22(14-24(16-23)37-2)35(19-20-3-4-20)21-5-6-25-26(15-21)32-27(18-31-25)28(33-29)17-30-7-8-34-9-11-38-12-10-34/h5-6,13-18,20,28-29H,3-4,7-12,19H2,1-2H3. The molecule has 200 valence electrons. The van der Waals surface area contributed by atoms with Crippen molar-refractivity contribution >= 4 is 28.6 Å². The second-order valence-electron chi connectivity index (χ2n) is 9.68. The van der Waals surface area contributed by atoms with Gasteiger partial charge in [-0.3, -0.25) is 14.9 Å². The van der Waals surface area contributed by atoms with Crippen LogP contribution in [0, 0.1) is 11.4 Å². The van der Waals surface area contributed by atoms with E-state index in [0.29, 0.717) is 18.2 Å². The molecule has 1 aliphatic heterocycles. The fourth-order valence-electron chi connectivity index (χ4n) is 4.57. The first-order chi connectivity index (χ1) is 18.7. The number of hydrogen-bond acceptors (Lipinski definition) is 10. The highest BCUT2D eigenvalue weighted by Gasteiger charge is 2.26. The third kappa shape index (κ3) is 6.43. The zero-order valence-electron chi connectivity index (χ0n) is 22.0. The lowest BCUT2D eigenvalue weighted by Gasteiger charge is -2.26. The summed E-state index contributed by atoms with van der Waals surface area (Å²) >= 11 is 0. The summed E-state index contributed by atoms with van der Waals surface area (Å²) in [6.07, 6.45) is 5.85. The molecule has 1 atom stereocenters. The minimum Gasteiger partial charge on any atom is -0.497 e. The number of nitrogens with zero attached hydrogens (tertiary/aromatic N) is 6. The number of ether oxygens (including phenoxy) is 3. The van der Waals surface area contributed by atoms with Crippen LogP contribution in [0.3, 0.4) is 0 Å². The molecule has 1 aliphatic carbocycles. The summed E-state index contributed by atoms with van der Waals surface area (Å²) in [6.45, 7) is 5.82. The summed E-state index contributed by atoms with van der Waals surface area (Å²) in [6, 6.07) is 11.5. The molecule has 10 heteroatoms. The maximum absolute atomic E-state index is 7.73. The van der Waals surface area contributed by atoms with Crippen molar-refractivity contribution in [1.82, 2.24) is 14.9 Å². The van der Waals surface area contributed by atoms with Crippen LogP contribution in [0.15, 0.2) is 52.7 Å². The van der Waals surface area contributed by atoms with E-state index in [2.05, 4.69) is 37.0 Å². The Bertz CT molecular complexity index is 1250. The molecule has 0 amide bonds. The number of hydrogen-bond donors (Lipinski definition) is 1. The van der Waals surface area contributed by atoms with Crippen LogP contribution in [-0.4, -0.2) is 81.2 Å². The number of nitrogens with one attached hydrogen (secondary N) is 1. The van der Waals surface area contributed by atoms with E-state index in [-0.39, 0.29) is 0 Å². The summed E-state index contributed by atoms with van der Waals surface area (Å²) in [5, 5.41) is 3.77. The maximum atomic E-state index is 7.73. The van der Waals surface area contributed by atoms with Gasteiger partial charge in [0, 0.05) is 62.0 Å². The van der Waals surface area contributed by atoms with E-state index in [1.54, 1.807) is 26.6 Å². The lowest BCUT2D eigenvalue weighted by Crippen LogP contribution is -2.37. The van der Waals surface area contributed by atoms with Crippen molar-refractivity contribution in [2.24, 2.45) is 16.0 Å². The Hall–Kier alpha value is -3.63. The predicted octanol–water partition coefficient (Wildman–Crippen LogP) is 4.67. The zero-order chi connectivity index (χ0) is 26.3. The van der Waals surface area contributed by atoms with Crippen LogP contribution in [0.25, 0.3) is 11.0 Å². The highest BCUT2D eigenvalue weighted by molar-refractivity contribution is 5.81. The Morgan fingerprint density at radius 3 is 2.53 bits per heavy atom. The van der Waals surface area contributed by atoms with Crippen molar-refractivity contribution in [2.45, 2.75) is 18.9 Å². The lowest BCUT2D eigenvalue weighted by atomic mass is 10.1. The van der Waals surface area contributed by atoms with Crippen LogP contribution in [0.5, 0.6) is 11.5 Å². The molecule has 2 fully saturated rings. The molecule has 38 heavy (non-hydrogen) atoms. The number of benzene rings is 2. The molecular weight excluding hydrogens is 482 g/mol. The van der Waals surface area contributed by atoms with E-state index in [4.69, 9.17) is 24.7 Å². The van der Waals surface area contributed by atoms with Crippen molar-refractivity contribution in [1.29, 1.82) is 5.53 Å². The molecule has 1 unspecified atom stereocenters. The third-order valence-electron chi connectivity index (χ3n) is 6.98. The Morgan fingerprint density at radius 1 is 1.08 bits per heavy atom. The van der Waals surface area contributed by atoms with Gasteiger partial charge < -0.3 is 19.1 Å². The molecule has 0 spiro atoms. The topological polar surface area (TPSA) is 109 Å². The fraction of sp³-hybridized carbons (Fsp3) is 0.464. The lowest BCUT2D eigenvalue weighted by molar-refractivity contribution is 0.0394. The van der Waals surface area contributed by atoms with Crippen LogP contribution >= 0.6 is 0 Å². The Balaban J connectivity index is 1.38. The molecule has 10 nitrogen and oxygen atoms in total. The maximum Gasteiger partial charge on any atom is 0.149 e. The number of rotatable bonds is 12. The number of methoxy groups -OCH3 is 2. The number of anilines is 2. The SMILES string of the molecule is COc1cc(OC)cc(N(CC2CC2)c2ccc3ncc(C(C=NCCN4CCOCC4)N=N)nc3c2)c1. The van der Waals surface area contributed by atoms with Crippen molar-refractivity contribution in [2.75, 3.05) is 65.1 Å². The van der Waals surface area contributed by atoms with Crippen molar-refractivity contribution in [3.05, 3.63) is 48.3 Å². The summed E-state index contributed by atoms with van der Waals surface area (Å²) < 4.78 is 16.4. The van der Waals surface area contributed by atoms with E-state index in [1.165, 1.54) is 12.8 Å². The average Bonchev–Trinajstić information content (AvgIpc) is 3.80. The molecule has 1 N–H and O–H groups in total. The van der Waals surface area contributed by atoms with E-state index >= 15 is 0 Å². The molecule has 1 aromatic heterocycles. The third-order valence-corrected chi connectivity index (χ3v) is 6.98. The number of aromatic nitrogens is 2. The van der Waals surface area contributed by atoms with Gasteiger partial charge in [-0.2, -0.15) is 5.11 Å². The van der Waals surface area contributed by atoms with E-state index in [1.807, 2.05) is 24.3 Å². The molecular formula is C28H35N7O3. The summed E-state index contributed by atoms with van der Waals surface area (Å²) in [4.78, 5) is 18.6. The molecule has 2 aromatic carbocycles. The molecule has 3 aromatic rings. The van der Waals surface area contributed by atoms with E-state index in [0.717, 1.165) is 73.3 Å². The van der Waals surface area contributed by atoms with Gasteiger partial charge in [-0.05, 0) is 37.0 Å². The van der Waals surface area contributed by atoms with E-state index in [9.17, 15) is 0 Å². The van der Waals surface area contributed by atoms with Crippen LogP contribution < -0.4 is 14.4 Å². The molecule has 2 heterocycles. The smallest absolute Gasteiger partial charge is 0.149 e. The first kappa shape index (κ1) is 26.0. The number of morpholine rings is 1. The highest BCUT2D eigenvalue weighted by atomic mass is 16.5. The second-order valence-corrected chi connectivity index (χ2v) is 9.68. The second kappa shape index (κ2) is 12.3. The largest absolute Gasteiger partial charge is 0.497 e. The van der Waals surface area contributed by atoms with Gasteiger partial charge in [0.2, 0.25) is 0 Å². The van der Waals surface area contributed by atoms with Gasteiger partial charge in [-0.25, -0.2) is 10.5 Å². The molecule has 0 bridgehead atoms. The fourth-order valence-corrected chi connectivity index (χ4v) is 4.57. The molecule has 1 saturated heterocycles. The van der Waals surface area contributed by atoms with Crippen LogP contribution in [0.4, 0.5) is 11.4 Å². The highest BCUT2D eigenvalue weighted by Crippen LogP contribution is 2.38. The van der Waals surface area contributed by atoms with Gasteiger partial charge in [0.15, 0.2) is 0 Å². The Morgan fingerprint density at radius 2 is 1.84 bits per heavy atom. The van der Waals surface area contributed by atoms with Gasteiger partial charge in [0.25, 0.3) is 0 Å². The number of fused-ring (bicyclic) bond motifs is 1. The quantitative estimate of drug-likeness (QED) is 0.275. The van der Waals surface area contributed by atoms with Gasteiger partial charge in [0.1, 0.15) is 17.5 Å². The van der Waals surface area contributed by atoms with E-state index < -0.39 is 6.04 Å². The normalized spacial score (nSPS) is 17.0. The summed E-state index contributed by atoms with van der Waals surface area (Å²) in [5.41, 5.74) is 11.9. The number of aliphatic imine (C=N–C) groups is 1. The van der Waals surface area contributed by atoms with Crippen molar-refractivity contribution in [3.8, 4) is 11.5 Å². The minimum absolute atomic E-state index is 0.564. The van der Waals surface area contributed by atoms with Gasteiger partial charge in [-0.1, -0.05) is 0 Å². The van der Waals surface area contributed by atoms with Crippen LogP contribution in [-0.2, 0) is 4.74 Å². The van der Waals surface area contributed by atoms with Crippen LogP contribution in [0.2, 0.25) is 0 Å². The Kier molecular flexibility index (Phi) is 8.40. The molecule has 1 saturated carbocycles. The molecule has 2 aliphatic rings. The molecule has 0 radical (unpaired) electrons. The summed E-state index contributed by atoms with van der Waals surface area (Å²) in [7, 11) is 3.33. The monoisotopic (exact) mass is 517 g/mol. The zero-order valence-corrected chi connectivity index (χ0v) is 22.0. The van der Waals surface area contributed by atoms with Crippen LogP contribution in [0.1, 0.15) is 24.6 Å². The van der Waals surface area contributed by atoms with Crippen molar-refractivity contribution in [3.63, 3.8) is 0 Å². The first-order valence-corrected chi connectivity index (χ1v) is 13.1. The Labute approximate surface area is 223 Å². The van der Waals surface area contributed by atoms with Gasteiger partial charge in [-0.15, -0.1) is 0 Å². The molecule has 5 rings (SSSR count).